The molecule has 0 spiro atoms. The lowest BCUT2D eigenvalue weighted by molar-refractivity contribution is -0.120. The normalized spacial score (nSPS) is 10.6. The van der Waals surface area contributed by atoms with E-state index < -0.39 is 0 Å². The fourth-order valence-corrected chi connectivity index (χ4v) is 3.21. The molecule has 0 aliphatic rings. The van der Waals surface area contributed by atoms with Gasteiger partial charge in [-0.05, 0) is 57.9 Å². The highest BCUT2D eigenvalue weighted by atomic mass is 16.5. The van der Waals surface area contributed by atoms with E-state index in [-0.39, 0.29) is 24.5 Å². The Morgan fingerprint density at radius 2 is 1.67 bits per heavy atom. The van der Waals surface area contributed by atoms with Gasteiger partial charge in [0.1, 0.15) is 12.3 Å². The highest BCUT2D eigenvalue weighted by Crippen LogP contribution is 2.28. The van der Waals surface area contributed by atoms with Crippen molar-refractivity contribution in [2.45, 2.75) is 47.6 Å². The lowest BCUT2D eigenvalue weighted by Crippen LogP contribution is -2.37. The molecule has 0 aliphatic heterocycles. The monoisotopic (exact) mass is 368 g/mol. The molecule has 0 fully saturated rings. The molecule has 5 nitrogen and oxygen atoms in total. The molecule has 0 saturated carbocycles. The topological polar surface area (TPSA) is 58.6 Å². The van der Waals surface area contributed by atoms with Crippen LogP contribution in [-0.4, -0.2) is 24.5 Å². The van der Waals surface area contributed by atoms with E-state index in [2.05, 4.69) is 5.32 Å². The second kappa shape index (κ2) is 8.71. The molecule has 0 aromatic heterocycles. The molecule has 2 aromatic carbocycles. The maximum Gasteiger partial charge on any atom is 0.244 e. The SMILES string of the molecule is CC(=O)N(CC(=O)Nc1ccccc1OC(C)C)c1c(C)cc(C)cc1C. The van der Waals surface area contributed by atoms with Crippen molar-refractivity contribution in [1.82, 2.24) is 0 Å². The number of anilines is 2. The van der Waals surface area contributed by atoms with Gasteiger partial charge < -0.3 is 15.0 Å². The zero-order valence-corrected chi connectivity index (χ0v) is 16.9. The summed E-state index contributed by atoms with van der Waals surface area (Å²) < 4.78 is 5.74. The quantitative estimate of drug-likeness (QED) is 0.823. The second-order valence-electron chi connectivity index (χ2n) is 7.06. The average Bonchev–Trinajstić information content (AvgIpc) is 2.54. The molecule has 144 valence electrons. The fourth-order valence-electron chi connectivity index (χ4n) is 3.21. The second-order valence-corrected chi connectivity index (χ2v) is 7.06. The van der Waals surface area contributed by atoms with Gasteiger partial charge in [-0.2, -0.15) is 0 Å². The molecule has 0 saturated heterocycles. The third kappa shape index (κ3) is 5.33. The molecule has 27 heavy (non-hydrogen) atoms. The van der Waals surface area contributed by atoms with Crippen molar-refractivity contribution < 1.29 is 14.3 Å². The van der Waals surface area contributed by atoms with Crippen LogP contribution in [0.2, 0.25) is 0 Å². The Kier molecular flexibility index (Phi) is 6.61. The molecule has 2 rings (SSSR count). The molecular formula is C22H28N2O3. The van der Waals surface area contributed by atoms with Crippen LogP contribution in [0.15, 0.2) is 36.4 Å². The van der Waals surface area contributed by atoms with Crippen molar-refractivity contribution in [3.63, 3.8) is 0 Å². The number of rotatable bonds is 6. The van der Waals surface area contributed by atoms with E-state index in [9.17, 15) is 9.59 Å². The van der Waals surface area contributed by atoms with Crippen molar-refractivity contribution in [3.8, 4) is 5.75 Å². The number of ether oxygens (including phenoxy) is 1. The Balaban J connectivity index is 2.24. The third-order valence-electron chi connectivity index (χ3n) is 4.11. The van der Waals surface area contributed by atoms with Gasteiger partial charge in [-0.15, -0.1) is 0 Å². The number of hydrogen-bond acceptors (Lipinski definition) is 3. The number of nitrogens with one attached hydrogen (secondary N) is 1. The van der Waals surface area contributed by atoms with E-state index in [4.69, 9.17) is 4.74 Å². The van der Waals surface area contributed by atoms with Crippen molar-refractivity contribution >= 4 is 23.2 Å². The molecule has 0 bridgehead atoms. The standard InChI is InChI=1S/C22H28N2O3/c1-14(2)27-20-10-8-7-9-19(20)23-21(26)13-24(18(6)25)22-16(4)11-15(3)12-17(22)5/h7-12,14H,13H2,1-6H3,(H,23,26). The van der Waals surface area contributed by atoms with Crippen LogP contribution in [0.5, 0.6) is 5.75 Å². The Labute approximate surface area is 161 Å². The van der Waals surface area contributed by atoms with E-state index in [0.29, 0.717) is 11.4 Å². The van der Waals surface area contributed by atoms with Crippen LogP contribution in [0, 0.1) is 20.8 Å². The first-order chi connectivity index (χ1) is 12.7. The van der Waals surface area contributed by atoms with Crippen LogP contribution in [0.3, 0.4) is 0 Å². The minimum Gasteiger partial charge on any atom is -0.489 e. The van der Waals surface area contributed by atoms with E-state index in [0.717, 1.165) is 22.4 Å². The van der Waals surface area contributed by atoms with Crippen molar-refractivity contribution in [2.24, 2.45) is 0 Å². The van der Waals surface area contributed by atoms with Gasteiger partial charge in [0.05, 0.1) is 17.5 Å². The number of para-hydroxylation sites is 2. The van der Waals surface area contributed by atoms with E-state index >= 15 is 0 Å². The minimum absolute atomic E-state index is 0.00497. The van der Waals surface area contributed by atoms with Gasteiger partial charge in [0.25, 0.3) is 0 Å². The Morgan fingerprint density at radius 1 is 1.07 bits per heavy atom. The lowest BCUT2D eigenvalue weighted by Gasteiger charge is -2.25. The summed E-state index contributed by atoms with van der Waals surface area (Å²) in [6.45, 7) is 11.2. The summed E-state index contributed by atoms with van der Waals surface area (Å²) in [6.07, 6.45) is -0.00497. The summed E-state index contributed by atoms with van der Waals surface area (Å²) in [7, 11) is 0. The van der Waals surface area contributed by atoms with Gasteiger partial charge in [0.15, 0.2) is 0 Å². The summed E-state index contributed by atoms with van der Waals surface area (Å²) in [5, 5.41) is 2.86. The summed E-state index contributed by atoms with van der Waals surface area (Å²) in [6, 6.07) is 11.3. The highest BCUT2D eigenvalue weighted by Gasteiger charge is 2.20. The maximum atomic E-state index is 12.7. The van der Waals surface area contributed by atoms with Gasteiger partial charge in [-0.3, -0.25) is 9.59 Å². The number of carbonyl (C=O) groups is 2. The average molecular weight is 368 g/mol. The Hall–Kier alpha value is -2.82. The highest BCUT2D eigenvalue weighted by molar-refractivity contribution is 6.03. The van der Waals surface area contributed by atoms with Crippen molar-refractivity contribution in [2.75, 3.05) is 16.8 Å². The smallest absolute Gasteiger partial charge is 0.244 e. The van der Waals surface area contributed by atoms with E-state index in [1.165, 1.54) is 11.8 Å². The first kappa shape index (κ1) is 20.5. The van der Waals surface area contributed by atoms with Crippen LogP contribution in [0.4, 0.5) is 11.4 Å². The first-order valence-corrected chi connectivity index (χ1v) is 9.10. The summed E-state index contributed by atoms with van der Waals surface area (Å²) in [4.78, 5) is 26.4. The molecule has 2 amide bonds. The van der Waals surface area contributed by atoms with E-state index in [1.807, 2.05) is 65.0 Å². The lowest BCUT2D eigenvalue weighted by atomic mass is 10.0. The van der Waals surface area contributed by atoms with Crippen LogP contribution < -0.4 is 15.0 Å². The predicted octanol–water partition coefficient (Wildman–Crippen LogP) is 4.39. The van der Waals surface area contributed by atoms with Gasteiger partial charge in [-0.25, -0.2) is 0 Å². The summed E-state index contributed by atoms with van der Waals surface area (Å²) >= 11 is 0. The first-order valence-electron chi connectivity index (χ1n) is 9.10. The maximum absolute atomic E-state index is 12.7. The molecule has 1 N–H and O–H groups in total. The number of benzene rings is 2. The third-order valence-corrected chi connectivity index (χ3v) is 4.11. The van der Waals surface area contributed by atoms with Gasteiger partial charge in [0, 0.05) is 6.92 Å². The van der Waals surface area contributed by atoms with Gasteiger partial charge in [0.2, 0.25) is 11.8 Å². The molecule has 2 aromatic rings. The Morgan fingerprint density at radius 3 is 2.22 bits per heavy atom. The largest absolute Gasteiger partial charge is 0.489 e. The molecule has 0 radical (unpaired) electrons. The van der Waals surface area contributed by atoms with Crippen LogP contribution in [0.25, 0.3) is 0 Å². The van der Waals surface area contributed by atoms with E-state index in [1.54, 1.807) is 6.07 Å². The van der Waals surface area contributed by atoms with Crippen molar-refractivity contribution in [3.05, 3.63) is 53.1 Å². The summed E-state index contributed by atoms with van der Waals surface area (Å²) in [5.41, 5.74) is 4.45. The fraction of sp³-hybridized carbons (Fsp3) is 0.364. The van der Waals surface area contributed by atoms with Gasteiger partial charge >= 0.3 is 0 Å². The van der Waals surface area contributed by atoms with Crippen LogP contribution >= 0.6 is 0 Å². The molecule has 5 heteroatoms. The molecule has 0 aliphatic carbocycles. The minimum atomic E-state index is -0.274. The molecule has 0 unspecified atom stereocenters. The zero-order chi connectivity index (χ0) is 20.1. The van der Waals surface area contributed by atoms with Gasteiger partial charge in [-0.1, -0.05) is 29.8 Å². The predicted molar refractivity (Wildman–Crippen MR) is 110 cm³/mol. The van der Waals surface area contributed by atoms with Crippen LogP contribution in [-0.2, 0) is 9.59 Å². The number of nitrogens with zero attached hydrogens (tertiary/aromatic N) is 1. The van der Waals surface area contributed by atoms with Crippen LogP contribution in [0.1, 0.15) is 37.5 Å². The molecule has 0 atom stereocenters. The zero-order valence-electron chi connectivity index (χ0n) is 16.9. The number of carbonyl (C=O) groups excluding carboxylic acids is 2. The molecule has 0 heterocycles. The Bertz CT molecular complexity index is 820. The number of hydrogen-bond donors (Lipinski definition) is 1. The molecular weight excluding hydrogens is 340 g/mol. The number of amides is 2. The number of aryl methyl sites for hydroxylation is 3. The summed E-state index contributed by atoms with van der Waals surface area (Å²) in [5.74, 6) is 0.161. The van der Waals surface area contributed by atoms with Crippen molar-refractivity contribution in [1.29, 1.82) is 0 Å².